The normalized spacial score (nSPS) is 11.9. The number of hydrogen-bond donors (Lipinski definition) is 1. The number of carbonyl (C=O) groups is 1. The van der Waals surface area contributed by atoms with Crippen LogP contribution in [-0.4, -0.2) is 27.7 Å². The number of ether oxygens (including phenoxy) is 1. The van der Waals surface area contributed by atoms with Crippen molar-refractivity contribution in [3.05, 3.63) is 53.5 Å². The van der Waals surface area contributed by atoms with Crippen molar-refractivity contribution in [3.8, 4) is 5.88 Å². The van der Waals surface area contributed by atoms with Crippen molar-refractivity contribution in [2.24, 2.45) is 0 Å². The first-order chi connectivity index (χ1) is 10.1. The summed E-state index contributed by atoms with van der Waals surface area (Å²) in [5.41, 5.74) is 2.57. The van der Waals surface area contributed by atoms with Crippen LogP contribution in [0.1, 0.15) is 29.7 Å². The van der Waals surface area contributed by atoms with E-state index in [2.05, 4.69) is 9.97 Å². The van der Waals surface area contributed by atoms with E-state index in [4.69, 9.17) is 4.74 Å². The predicted octanol–water partition coefficient (Wildman–Crippen LogP) is 2.59. The summed E-state index contributed by atoms with van der Waals surface area (Å²) in [6, 6.07) is 9.42. The van der Waals surface area contributed by atoms with Crippen LogP contribution >= 0.6 is 0 Å². The highest BCUT2D eigenvalue weighted by atomic mass is 16.5. The molecule has 0 radical (unpaired) electrons. The van der Waals surface area contributed by atoms with Crippen molar-refractivity contribution >= 4 is 5.97 Å². The van der Waals surface area contributed by atoms with Crippen LogP contribution < -0.4 is 4.74 Å². The molecule has 0 saturated carbocycles. The van der Waals surface area contributed by atoms with Crippen molar-refractivity contribution in [2.45, 2.75) is 26.2 Å². The van der Waals surface area contributed by atoms with Gasteiger partial charge in [0.1, 0.15) is 12.2 Å². The molecular formula is C16H18N2O3. The van der Waals surface area contributed by atoms with Gasteiger partial charge in [0.2, 0.25) is 5.88 Å². The topological polar surface area (TPSA) is 72.3 Å². The SMILES string of the molecule is CCOc1cc(C(Cc2ccc(C)cc2)C(=O)O)ncn1. The zero-order valence-electron chi connectivity index (χ0n) is 12.1. The summed E-state index contributed by atoms with van der Waals surface area (Å²) in [5.74, 6) is -1.22. The predicted molar refractivity (Wildman–Crippen MR) is 78.5 cm³/mol. The molecule has 0 aliphatic rings. The second-order valence-corrected chi connectivity index (χ2v) is 4.79. The van der Waals surface area contributed by atoms with E-state index >= 15 is 0 Å². The minimum atomic E-state index is -0.906. The Hall–Kier alpha value is -2.43. The number of carboxylic acids is 1. The lowest BCUT2D eigenvalue weighted by atomic mass is 9.95. The van der Waals surface area contributed by atoms with Crippen molar-refractivity contribution in [1.29, 1.82) is 0 Å². The molecule has 1 atom stereocenters. The summed E-state index contributed by atoms with van der Waals surface area (Å²) in [5, 5.41) is 9.46. The Morgan fingerprint density at radius 1 is 1.29 bits per heavy atom. The molecule has 0 aliphatic carbocycles. The molecule has 1 unspecified atom stereocenters. The lowest BCUT2D eigenvalue weighted by molar-refractivity contribution is -0.138. The fourth-order valence-corrected chi connectivity index (χ4v) is 2.05. The van der Waals surface area contributed by atoms with Gasteiger partial charge in [-0.05, 0) is 25.8 Å². The molecule has 0 aliphatic heterocycles. The molecule has 1 aromatic heterocycles. The zero-order valence-corrected chi connectivity index (χ0v) is 12.1. The van der Waals surface area contributed by atoms with E-state index in [1.54, 1.807) is 6.07 Å². The highest BCUT2D eigenvalue weighted by Crippen LogP contribution is 2.22. The number of aliphatic carboxylic acids is 1. The summed E-state index contributed by atoms with van der Waals surface area (Å²) in [6.45, 7) is 4.33. The molecule has 2 rings (SSSR count). The smallest absolute Gasteiger partial charge is 0.312 e. The van der Waals surface area contributed by atoms with Gasteiger partial charge in [0.05, 0.1) is 12.3 Å². The maximum atomic E-state index is 11.5. The fraction of sp³-hybridized carbons (Fsp3) is 0.312. The lowest BCUT2D eigenvalue weighted by Gasteiger charge is -2.13. The summed E-state index contributed by atoms with van der Waals surface area (Å²) >= 11 is 0. The molecule has 5 heteroatoms. The van der Waals surface area contributed by atoms with E-state index in [1.807, 2.05) is 38.1 Å². The minimum Gasteiger partial charge on any atom is -0.481 e. The Morgan fingerprint density at radius 2 is 2.00 bits per heavy atom. The largest absolute Gasteiger partial charge is 0.481 e. The van der Waals surface area contributed by atoms with Crippen LogP contribution in [0.3, 0.4) is 0 Å². The standard InChI is InChI=1S/C16H18N2O3/c1-3-21-15-9-14(17-10-18-15)13(16(19)20)8-12-6-4-11(2)5-7-12/h4-7,9-10,13H,3,8H2,1-2H3,(H,19,20). The van der Waals surface area contributed by atoms with Crippen LogP contribution in [0.4, 0.5) is 0 Å². The molecule has 1 N–H and O–H groups in total. The van der Waals surface area contributed by atoms with Gasteiger partial charge in [0, 0.05) is 6.07 Å². The number of aryl methyl sites for hydroxylation is 1. The minimum absolute atomic E-state index is 0.387. The molecule has 1 aromatic carbocycles. The first kappa shape index (κ1) is 15.0. The van der Waals surface area contributed by atoms with Gasteiger partial charge < -0.3 is 9.84 Å². The average Bonchev–Trinajstić information content (AvgIpc) is 2.47. The van der Waals surface area contributed by atoms with Crippen LogP contribution in [0.5, 0.6) is 5.88 Å². The zero-order chi connectivity index (χ0) is 15.2. The van der Waals surface area contributed by atoms with Gasteiger partial charge in [0.15, 0.2) is 0 Å². The molecule has 21 heavy (non-hydrogen) atoms. The first-order valence-electron chi connectivity index (χ1n) is 6.83. The number of rotatable bonds is 6. The molecule has 0 bridgehead atoms. The Kier molecular flexibility index (Phi) is 4.87. The van der Waals surface area contributed by atoms with Gasteiger partial charge in [0.25, 0.3) is 0 Å². The molecule has 0 fully saturated rings. The van der Waals surface area contributed by atoms with Crippen LogP contribution in [0.2, 0.25) is 0 Å². The van der Waals surface area contributed by atoms with Crippen LogP contribution in [0.25, 0.3) is 0 Å². The third-order valence-corrected chi connectivity index (χ3v) is 3.17. The van der Waals surface area contributed by atoms with Gasteiger partial charge in [-0.3, -0.25) is 4.79 Å². The molecule has 0 saturated heterocycles. The van der Waals surface area contributed by atoms with Crippen molar-refractivity contribution < 1.29 is 14.6 Å². The van der Waals surface area contributed by atoms with Crippen LogP contribution in [0.15, 0.2) is 36.7 Å². The monoisotopic (exact) mass is 286 g/mol. The second kappa shape index (κ2) is 6.83. The van der Waals surface area contributed by atoms with Gasteiger partial charge in [-0.1, -0.05) is 29.8 Å². The maximum absolute atomic E-state index is 11.5. The van der Waals surface area contributed by atoms with Crippen molar-refractivity contribution in [3.63, 3.8) is 0 Å². The van der Waals surface area contributed by atoms with Crippen molar-refractivity contribution in [2.75, 3.05) is 6.61 Å². The molecular weight excluding hydrogens is 268 g/mol. The highest BCUT2D eigenvalue weighted by Gasteiger charge is 2.22. The second-order valence-electron chi connectivity index (χ2n) is 4.79. The van der Waals surface area contributed by atoms with Crippen LogP contribution in [-0.2, 0) is 11.2 Å². The summed E-state index contributed by atoms with van der Waals surface area (Å²) in [7, 11) is 0. The molecule has 110 valence electrons. The Labute approximate surface area is 123 Å². The summed E-state index contributed by atoms with van der Waals surface area (Å²) in [6.07, 6.45) is 1.73. The fourth-order valence-electron chi connectivity index (χ4n) is 2.05. The molecule has 0 spiro atoms. The first-order valence-corrected chi connectivity index (χ1v) is 6.83. The number of carboxylic acid groups (broad SMARTS) is 1. The Bertz CT molecular complexity index is 611. The van der Waals surface area contributed by atoms with E-state index < -0.39 is 11.9 Å². The number of aromatic nitrogens is 2. The number of nitrogens with zero attached hydrogens (tertiary/aromatic N) is 2. The maximum Gasteiger partial charge on any atom is 0.312 e. The molecule has 2 aromatic rings. The number of hydrogen-bond acceptors (Lipinski definition) is 4. The quantitative estimate of drug-likeness (QED) is 0.883. The van der Waals surface area contributed by atoms with Gasteiger partial charge >= 0.3 is 5.97 Å². The van der Waals surface area contributed by atoms with E-state index in [0.717, 1.165) is 11.1 Å². The molecule has 0 amide bonds. The molecule has 5 nitrogen and oxygen atoms in total. The van der Waals surface area contributed by atoms with Gasteiger partial charge in [-0.2, -0.15) is 0 Å². The van der Waals surface area contributed by atoms with Crippen molar-refractivity contribution in [1.82, 2.24) is 9.97 Å². The van der Waals surface area contributed by atoms with E-state index in [-0.39, 0.29) is 0 Å². The average molecular weight is 286 g/mol. The van der Waals surface area contributed by atoms with E-state index in [1.165, 1.54) is 6.33 Å². The third-order valence-electron chi connectivity index (χ3n) is 3.17. The molecule has 1 heterocycles. The Morgan fingerprint density at radius 3 is 2.62 bits per heavy atom. The van der Waals surface area contributed by atoms with Gasteiger partial charge in [-0.15, -0.1) is 0 Å². The van der Waals surface area contributed by atoms with E-state index in [9.17, 15) is 9.90 Å². The third kappa shape index (κ3) is 4.02. The lowest BCUT2D eigenvalue weighted by Crippen LogP contribution is -2.16. The van der Waals surface area contributed by atoms with Gasteiger partial charge in [-0.25, -0.2) is 9.97 Å². The highest BCUT2D eigenvalue weighted by molar-refractivity contribution is 5.76. The summed E-state index contributed by atoms with van der Waals surface area (Å²) < 4.78 is 5.30. The Balaban J connectivity index is 2.24. The van der Waals surface area contributed by atoms with Crippen LogP contribution in [0, 0.1) is 6.92 Å². The number of benzene rings is 1. The van der Waals surface area contributed by atoms with E-state index in [0.29, 0.717) is 24.6 Å². The summed E-state index contributed by atoms with van der Waals surface area (Å²) in [4.78, 5) is 19.6.